The number of benzene rings is 2. The van der Waals surface area contributed by atoms with Gasteiger partial charge in [0.2, 0.25) is 0 Å². The van der Waals surface area contributed by atoms with E-state index in [2.05, 4.69) is 26.6 Å². The molecule has 2 rings (SSSR count). The van der Waals surface area contributed by atoms with E-state index in [0.717, 1.165) is 0 Å². The highest BCUT2D eigenvalue weighted by molar-refractivity contribution is 9.10. The summed E-state index contributed by atoms with van der Waals surface area (Å²) in [5, 5.41) is 6.20. The van der Waals surface area contributed by atoms with Gasteiger partial charge in [-0.1, -0.05) is 23.7 Å². The summed E-state index contributed by atoms with van der Waals surface area (Å²) in [5.41, 5.74) is 1.09. The Hall–Kier alpha value is -1.63. The van der Waals surface area contributed by atoms with Gasteiger partial charge in [0.25, 0.3) is 5.91 Å². The van der Waals surface area contributed by atoms with Crippen LogP contribution in [0, 0.1) is 0 Å². The summed E-state index contributed by atoms with van der Waals surface area (Å²) in [4.78, 5) is 12.2. The van der Waals surface area contributed by atoms with Crippen molar-refractivity contribution in [2.24, 2.45) is 0 Å². The van der Waals surface area contributed by atoms with E-state index in [1.54, 1.807) is 30.3 Å². The van der Waals surface area contributed by atoms with Crippen LogP contribution < -0.4 is 15.4 Å². The van der Waals surface area contributed by atoms with Crippen LogP contribution in [-0.4, -0.2) is 17.6 Å². The first-order valence-corrected chi connectivity index (χ1v) is 8.38. The van der Waals surface area contributed by atoms with Gasteiger partial charge in [0, 0.05) is 5.56 Å². The minimum absolute atomic E-state index is 0.174. The maximum Gasteiger partial charge on any atom is 0.257 e. The van der Waals surface area contributed by atoms with Crippen LogP contribution >= 0.6 is 39.7 Å². The molecule has 0 heterocycles. The van der Waals surface area contributed by atoms with Gasteiger partial charge in [0.1, 0.15) is 5.75 Å². The van der Waals surface area contributed by atoms with Crippen LogP contribution in [0.4, 0.5) is 5.69 Å². The average molecular weight is 414 g/mol. The highest BCUT2D eigenvalue weighted by Gasteiger charge is 2.11. The predicted molar refractivity (Wildman–Crippen MR) is 100 cm³/mol. The molecular formula is C16H14BrClN2O2S. The number of rotatable bonds is 4. The molecule has 0 fully saturated rings. The minimum atomic E-state index is -0.321. The molecule has 2 aromatic carbocycles. The Morgan fingerprint density at radius 3 is 2.70 bits per heavy atom. The van der Waals surface area contributed by atoms with E-state index in [1.807, 2.05) is 19.1 Å². The molecule has 0 aliphatic rings. The first kappa shape index (κ1) is 17.7. The van der Waals surface area contributed by atoms with Crippen molar-refractivity contribution in [2.75, 3.05) is 11.9 Å². The van der Waals surface area contributed by atoms with Crippen LogP contribution in [0.3, 0.4) is 0 Å². The van der Waals surface area contributed by atoms with Gasteiger partial charge in [-0.25, -0.2) is 0 Å². The lowest BCUT2D eigenvalue weighted by Crippen LogP contribution is -2.34. The summed E-state index contributed by atoms with van der Waals surface area (Å²) in [5.74, 6) is 0.360. The van der Waals surface area contributed by atoms with E-state index in [4.69, 9.17) is 28.6 Å². The van der Waals surface area contributed by atoms with Crippen molar-refractivity contribution in [1.82, 2.24) is 5.32 Å². The van der Waals surface area contributed by atoms with E-state index in [0.29, 0.717) is 33.1 Å². The highest BCUT2D eigenvalue weighted by atomic mass is 79.9. The van der Waals surface area contributed by atoms with Gasteiger partial charge < -0.3 is 10.1 Å². The second kappa shape index (κ2) is 8.29. The molecule has 0 spiro atoms. The smallest absolute Gasteiger partial charge is 0.257 e. The molecule has 2 aromatic rings. The second-order valence-electron chi connectivity index (χ2n) is 4.47. The molecule has 0 saturated heterocycles. The number of hydrogen-bond acceptors (Lipinski definition) is 3. The summed E-state index contributed by atoms with van der Waals surface area (Å²) in [6, 6.07) is 12.2. The molecular weight excluding hydrogens is 400 g/mol. The first-order chi connectivity index (χ1) is 11.0. The standard InChI is InChI=1S/C16H14BrClN2O2S/c1-2-22-14-8-7-10(9-11(14)17)15(21)20-16(23)19-13-6-4-3-5-12(13)18/h3-9H,2H2,1H3,(H2,19,20,21,23). The molecule has 0 atom stereocenters. The molecule has 0 aliphatic carbocycles. The van der Waals surface area contributed by atoms with Crippen LogP contribution in [0.5, 0.6) is 5.75 Å². The summed E-state index contributed by atoms with van der Waals surface area (Å²) < 4.78 is 6.12. The number of anilines is 1. The molecule has 0 radical (unpaired) electrons. The van der Waals surface area contributed by atoms with Gasteiger partial charge in [-0.3, -0.25) is 10.1 Å². The van der Waals surface area contributed by atoms with Crippen molar-refractivity contribution in [3.8, 4) is 5.75 Å². The topological polar surface area (TPSA) is 50.4 Å². The van der Waals surface area contributed by atoms with Gasteiger partial charge in [-0.2, -0.15) is 0 Å². The number of hydrogen-bond donors (Lipinski definition) is 2. The fraction of sp³-hybridized carbons (Fsp3) is 0.125. The predicted octanol–water partition coefficient (Wildman–Crippen LogP) is 4.63. The van der Waals surface area contributed by atoms with Crippen molar-refractivity contribution < 1.29 is 9.53 Å². The number of para-hydroxylation sites is 1. The Labute approximate surface area is 153 Å². The third-order valence-electron chi connectivity index (χ3n) is 2.84. The number of carbonyl (C=O) groups is 1. The molecule has 0 bridgehead atoms. The van der Waals surface area contributed by atoms with Gasteiger partial charge in [-0.05, 0) is 65.4 Å². The Morgan fingerprint density at radius 2 is 2.04 bits per heavy atom. The molecule has 7 heteroatoms. The molecule has 0 unspecified atom stereocenters. The Morgan fingerprint density at radius 1 is 1.30 bits per heavy atom. The maximum absolute atomic E-state index is 12.2. The lowest BCUT2D eigenvalue weighted by molar-refractivity contribution is 0.0977. The van der Waals surface area contributed by atoms with E-state index in [-0.39, 0.29) is 11.0 Å². The van der Waals surface area contributed by atoms with E-state index in [9.17, 15) is 4.79 Å². The molecule has 0 aromatic heterocycles. The molecule has 120 valence electrons. The van der Waals surface area contributed by atoms with Crippen LogP contribution in [-0.2, 0) is 0 Å². The fourth-order valence-electron chi connectivity index (χ4n) is 1.81. The SMILES string of the molecule is CCOc1ccc(C(=O)NC(=S)Nc2ccccc2Cl)cc1Br. The molecule has 0 saturated carbocycles. The summed E-state index contributed by atoms with van der Waals surface area (Å²) in [7, 11) is 0. The summed E-state index contributed by atoms with van der Waals surface area (Å²) in [6.07, 6.45) is 0. The molecule has 0 aliphatic heterocycles. The Bertz CT molecular complexity index is 740. The lowest BCUT2D eigenvalue weighted by Gasteiger charge is -2.11. The number of halogens is 2. The second-order valence-corrected chi connectivity index (χ2v) is 6.14. The largest absolute Gasteiger partial charge is 0.493 e. The van der Waals surface area contributed by atoms with Crippen LogP contribution in [0.1, 0.15) is 17.3 Å². The number of ether oxygens (including phenoxy) is 1. The van der Waals surface area contributed by atoms with Crippen LogP contribution in [0.2, 0.25) is 5.02 Å². The number of amides is 1. The van der Waals surface area contributed by atoms with E-state index >= 15 is 0 Å². The van der Waals surface area contributed by atoms with Crippen LogP contribution in [0.15, 0.2) is 46.9 Å². The highest BCUT2D eigenvalue weighted by Crippen LogP contribution is 2.26. The monoisotopic (exact) mass is 412 g/mol. The van der Waals surface area contributed by atoms with Gasteiger partial charge in [0.05, 0.1) is 21.8 Å². The molecule has 1 amide bonds. The number of nitrogens with one attached hydrogen (secondary N) is 2. The Balaban J connectivity index is 2.02. The van der Waals surface area contributed by atoms with E-state index in [1.165, 1.54) is 0 Å². The van der Waals surface area contributed by atoms with Crippen molar-refractivity contribution in [2.45, 2.75) is 6.92 Å². The quantitative estimate of drug-likeness (QED) is 0.718. The van der Waals surface area contributed by atoms with Crippen molar-refractivity contribution in [3.05, 3.63) is 57.5 Å². The van der Waals surface area contributed by atoms with Crippen molar-refractivity contribution >= 4 is 56.5 Å². The molecule has 4 nitrogen and oxygen atoms in total. The average Bonchev–Trinajstić information content (AvgIpc) is 2.51. The molecule has 23 heavy (non-hydrogen) atoms. The zero-order valence-corrected chi connectivity index (χ0v) is 15.4. The number of carbonyl (C=O) groups excluding carboxylic acids is 1. The minimum Gasteiger partial charge on any atom is -0.493 e. The number of thiocarbonyl (C=S) groups is 1. The normalized spacial score (nSPS) is 10.0. The van der Waals surface area contributed by atoms with Crippen molar-refractivity contribution in [3.63, 3.8) is 0 Å². The zero-order valence-electron chi connectivity index (χ0n) is 12.2. The zero-order chi connectivity index (χ0) is 16.8. The summed E-state index contributed by atoms with van der Waals surface area (Å²) >= 11 is 14.5. The van der Waals surface area contributed by atoms with E-state index < -0.39 is 0 Å². The lowest BCUT2D eigenvalue weighted by atomic mass is 10.2. The Kier molecular flexibility index (Phi) is 6.38. The summed E-state index contributed by atoms with van der Waals surface area (Å²) in [6.45, 7) is 2.45. The third-order valence-corrected chi connectivity index (χ3v) is 4.00. The fourth-order valence-corrected chi connectivity index (χ4v) is 2.68. The van der Waals surface area contributed by atoms with Gasteiger partial charge in [0.15, 0.2) is 5.11 Å². The molecule has 2 N–H and O–H groups in total. The van der Waals surface area contributed by atoms with Gasteiger partial charge in [-0.15, -0.1) is 0 Å². The maximum atomic E-state index is 12.2. The van der Waals surface area contributed by atoms with Crippen molar-refractivity contribution in [1.29, 1.82) is 0 Å². The first-order valence-electron chi connectivity index (χ1n) is 6.80. The van der Waals surface area contributed by atoms with Crippen LogP contribution in [0.25, 0.3) is 0 Å². The van der Waals surface area contributed by atoms with Gasteiger partial charge >= 0.3 is 0 Å². The third kappa shape index (κ3) is 4.92.